The molecular formula is C19H14Cl2N2O3S. The molecule has 138 valence electrons. The number of hydrogen-bond acceptors (Lipinski definition) is 4. The summed E-state index contributed by atoms with van der Waals surface area (Å²) in [6, 6.07) is 16.4. The van der Waals surface area contributed by atoms with E-state index in [1.165, 1.54) is 28.8 Å². The van der Waals surface area contributed by atoms with E-state index < -0.39 is 10.0 Å². The number of halogens is 2. The molecule has 2 aromatic carbocycles. The van der Waals surface area contributed by atoms with Crippen molar-refractivity contribution < 1.29 is 12.8 Å². The van der Waals surface area contributed by atoms with E-state index in [0.29, 0.717) is 11.3 Å². The van der Waals surface area contributed by atoms with Crippen LogP contribution in [0.15, 0.2) is 70.2 Å². The minimum Gasteiger partial charge on any atom is -0.468 e. The molecule has 0 fully saturated rings. The molecule has 0 spiro atoms. The first-order valence-corrected chi connectivity index (χ1v) is 10.1. The lowest BCUT2D eigenvalue weighted by atomic mass is 10.1. The van der Waals surface area contributed by atoms with Crippen LogP contribution >= 0.6 is 23.2 Å². The number of benzene rings is 2. The van der Waals surface area contributed by atoms with Gasteiger partial charge in [-0.05, 0) is 48.0 Å². The van der Waals surface area contributed by atoms with Gasteiger partial charge < -0.3 is 4.42 Å². The quantitative estimate of drug-likeness (QED) is 0.570. The van der Waals surface area contributed by atoms with Crippen molar-refractivity contribution in [1.82, 2.24) is 4.31 Å². The SMILES string of the molecule is N#Cc1ccc(CN(Cc2ccco2)S(=O)(=O)c2ccc(Cl)c(Cl)c2)cc1. The number of sulfonamides is 1. The van der Waals surface area contributed by atoms with Crippen molar-refractivity contribution in [3.63, 3.8) is 0 Å². The lowest BCUT2D eigenvalue weighted by Gasteiger charge is -2.22. The molecule has 5 nitrogen and oxygen atoms in total. The minimum atomic E-state index is -3.87. The van der Waals surface area contributed by atoms with Gasteiger partial charge in [0.05, 0.1) is 39.4 Å². The van der Waals surface area contributed by atoms with Crippen molar-refractivity contribution >= 4 is 33.2 Å². The Labute approximate surface area is 167 Å². The monoisotopic (exact) mass is 420 g/mol. The van der Waals surface area contributed by atoms with Crippen molar-refractivity contribution in [2.24, 2.45) is 0 Å². The molecule has 8 heteroatoms. The van der Waals surface area contributed by atoms with E-state index in [9.17, 15) is 8.42 Å². The average Bonchev–Trinajstić information content (AvgIpc) is 3.17. The molecule has 1 aromatic heterocycles. The van der Waals surface area contributed by atoms with Crippen LogP contribution in [-0.2, 0) is 23.1 Å². The summed E-state index contributed by atoms with van der Waals surface area (Å²) in [5.41, 5.74) is 1.24. The van der Waals surface area contributed by atoms with Crippen LogP contribution in [0.3, 0.4) is 0 Å². The second-order valence-corrected chi connectivity index (χ2v) is 8.49. The van der Waals surface area contributed by atoms with E-state index >= 15 is 0 Å². The van der Waals surface area contributed by atoms with Crippen LogP contribution in [0.25, 0.3) is 0 Å². The largest absolute Gasteiger partial charge is 0.468 e. The maximum atomic E-state index is 13.2. The van der Waals surface area contributed by atoms with E-state index in [4.69, 9.17) is 32.9 Å². The maximum Gasteiger partial charge on any atom is 0.243 e. The molecule has 0 aliphatic heterocycles. The van der Waals surface area contributed by atoms with Crippen LogP contribution in [-0.4, -0.2) is 12.7 Å². The first kappa shape index (κ1) is 19.5. The van der Waals surface area contributed by atoms with Crippen LogP contribution in [0.2, 0.25) is 10.0 Å². The maximum absolute atomic E-state index is 13.2. The Bertz CT molecular complexity index is 1070. The summed E-state index contributed by atoms with van der Waals surface area (Å²) in [6.07, 6.45) is 1.49. The summed E-state index contributed by atoms with van der Waals surface area (Å²) in [5.74, 6) is 0.507. The van der Waals surface area contributed by atoms with Gasteiger partial charge in [-0.15, -0.1) is 0 Å². The highest BCUT2D eigenvalue weighted by molar-refractivity contribution is 7.89. The Morgan fingerprint density at radius 3 is 2.33 bits per heavy atom. The lowest BCUT2D eigenvalue weighted by molar-refractivity contribution is 0.358. The van der Waals surface area contributed by atoms with Gasteiger partial charge in [0.15, 0.2) is 0 Å². The lowest BCUT2D eigenvalue weighted by Crippen LogP contribution is -2.30. The van der Waals surface area contributed by atoms with Crippen molar-refractivity contribution in [1.29, 1.82) is 5.26 Å². The van der Waals surface area contributed by atoms with E-state index in [0.717, 1.165) is 5.56 Å². The molecule has 0 atom stereocenters. The third kappa shape index (κ3) is 4.52. The molecule has 1 heterocycles. The van der Waals surface area contributed by atoms with Crippen LogP contribution in [0.4, 0.5) is 0 Å². The van der Waals surface area contributed by atoms with Crippen LogP contribution in [0, 0.1) is 11.3 Å². The summed E-state index contributed by atoms with van der Waals surface area (Å²) in [7, 11) is -3.87. The first-order valence-electron chi connectivity index (χ1n) is 7.87. The molecule has 0 radical (unpaired) electrons. The number of furan rings is 1. The number of nitrogens with zero attached hydrogens (tertiary/aromatic N) is 2. The average molecular weight is 421 g/mol. The highest BCUT2D eigenvalue weighted by Gasteiger charge is 2.26. The van der Waals surface area contributed by atoms with Crippen LogP contribution in [0.5, 0.6) is 0 Å². The fourth-order valence-electron chi connectivity index (χ4n) is 2.48. The Morgan fingerprint density at radius 1 is 1.00 bits per heavy atom. The summed E-state index contributed by atoms with van der Waals surface area (Å²) in [4.78, 5) is 0.0390. The first-order chi connectivity index (χ1) is 12.9. The summed E-state index contributed by atoms with van der Waals surface area (Å²) in [5, 5.41) is 9.36. The van der Waals surface area contributed by atoms with Crippen LogP contribution in [0.1, 0.15) is 16.9 Å². The number of hydrogen-bond donors (Lipinski definition) is 0. The highest BCUT2D eigenvalue weighted by atomic mass is 35.5. The van der Waals surface area contributed by atoms with E-state index in [1.807, 2.05) is 6.07 Å². The Morgan fingerprint density at radius 2 is 1.74 bits per heavy atom. The molecule has 27 heavy (non-hydrogen) atoms. The second-order valence-electron chi connectivity index (χ2n) is 5.74. The molecule has 0 aliphatic carbocycles. The van der Waals surface area contributed by atoms with Crippen molar-refractivity contribution in [2.45, 2.75) is 18.0 Å². The molecule has 3 rings (SSSR count). The predicted octanol–water partition coefficient (Wildman–Crippen LogP) is 4.85. The van der Waals surface area contributed by atoms with Crippen molar-refractivity contribution in [3.8, 4) is 6.07 Å². The molecule has 0 unspecified atom stereocenters. The summed E-state index contributed by atoms with van der Waals surface area (Å²) < 4.78 is 33.0. The zero-order chi connectivity index (χ0) is 19.4. The van der Waals surface area contributed by atoms with Crippen LogP contribution < -0.4 is 0 Å². The normalized spacial score (nSPS) is 11.5. The molecule has 0 saturated heterocycles. The van der Waals surface area contributed by atoms with E-state index in [2.05, 4.69) is 0 Å². The van der Waals surface area contributed by atoms with Gasteiger partial charge in [-0.2, -0.15) is 9.57 Å². The molecule has 0 saturated carbocycles. The zero-order valence-electron chi connectivity index (χ0n) is 14.0. The smallest absolute Gasteiger partial charge is 0.243 e. The van der Waals surface area contributed by atoms with Crippen molar-refractivity contribution in [3.05, 3.63) is 87.8 Å². The molecule has 0 aliphatic rings. The predicted molar refractivity (Wildman–Crippen MR) is 103 cm³/mol. The Hall–Kier alpha value is -2.30. The number of rotatable bonds is 6. The molecular weight excluding hydrogens is 407 g/mol. The fraction of sp³-hybridized carbons (Fsp3) is 0.105. The Balaban J connectivity index is 1.97. The molecule has 0 amide bonds. The van der Waals surface area contributed by atoms with Gasteiger partial charge in [0.25, 0.3) is 0 Å². The summed E-state index contributed by atoms with van der Waals surface area (Å²) in [6.45, 7) is 0.157. The van der Waals surface area contributed by atoms with E-state index in [1.54, 1.807) is 36.4 Å². The van der Waals surface area contributed by atoms with Gasteiger partial charge in [-0.1, -0.05) is 35.3 Å². The van der Waals surface area contributed by atoms with Gasteiger partial charge >= 0.3 is 0 Å². The second kappa shape index (κ2) is 8.15. The molecule has 0 bridgehead atoms. The van der Waals surface area contributed by atoms with Gasteiger partial charge in [-0.25, -0.2) is 8.42 Å². The fourth-order valence-corrected chi connectivity index (χ4v) is 4.26. The molecule has 3 aromatic rings. The minimum absolute atomic E-state index is 0.0390. The Kier molecular flexibility index (Phi) is 5.88. The van der Waals surface area contributed by atoms with Gasteiger partial charge in [0.2, 0.25) is 10.0 Å². The third-order valence-corrected chi connectivity index (χ3v) is 6.41. The number of nitriles is 1. The summed E-state index contributed by atoms with van der Waals surface area (Å²) >= 11 is 11.9. The molecule has 0 N–H and O–H groups in total. The van der Waals surface area contributed by atoms with E-state index in [-0.39, 0.29) is 28.0 Å². The zero-order valence-corrected chi connectivity index (χ0v) is 16.3. The van der Waals surface area contributed by atoms with Gasteiger partial charge in [0.1, 0.15) is 5.76 Å². The van der Waals surface area contributed by atoms with Gasteiger partial charge in [0, 0.05) is 6.54 Å². The standard InChI is InChI=1S/C19H14Cl2N2O3S/c20-18-8-7-17(10-19(18)21)27(24,25)23(13-16-2-1-9-26-16)12-15-5-3-14(11-22)4-6-15/h1-10H,12-13H2. The third-order valence-electron chi connectivity index (χ3n) is 3.88. The highest BCUT2D eigenvalue weighted by Crippen LogP contribution is 2.28. The van der Waals surface area contributed by atoms with Crippen molar-refractivity contribution in [2.75, 3.05) is 0 Å². The van der Waals surface area contributed by atoms with Gasteiger partial charge in [-0.3, -0.25) is 0 Å². The topological polar surface area (TPSA) is 74.3 Å².